The first-order valence-corrected chi connectivity index (χ1v) is 3.56. The molecule has 1 rings (SSSR count). The minimum atomic E-state index is -0.530. The van der Waals surface area contributed by atoms with Gasteiger partial charge in [0.25, 0.3) is 0 Å². The number of hydrazone groups is 1. The molecule has 0 amide bonds. The number of carbonyl (C=O) groups excluding carboxylic acids is 1. The minimum Gasteiger partial charge on any atom is -0.368 e. The largest absolute Gasteiger partial charge is 0.368 e. The van der Waals surface area contributed by atoms with Crippen molar-refractivity contribution in [3.63, 3.8) is 0 Å². The average Bonchev–Trinajstić information content (AvgIpc) is 2.46. The molecule has 14 heavy (non-hydrogen) atoms. The molecule has 0 bridgehead atoms. The van der Waals surface area contributed by atoms with E-state index < -0.39 is 11.9 Å². The number of rotatable bonds is 1. The van der Waals surface area contributed by atoms with Gasteiger partial charge in [-0.25, -0.2) is 0 Å². The second kappa shape index (κ2) is 3.55. The Balaban J connectivity index is 2.94. The molecule has 1 aliphatic rings. The Hall–Kier alpha value is -2.40. The van der Waals surface area contributed by atoms with E-state index in [1.54, 1.807) is 0 Å². The highest BCUT2D eigenvalue weighted by Gasteiger charge is 2.14. The smallest absolute Gasteiger partial charge is 0.216 e. The third-order valence-corrected chi connectivity index (χ3v) is 1.35. The van der Waals surface area contributed by atoms with Crippen LogP contribution in [0.25, 0.3) is 0 Å². The van der Waals surface area contributed by atoms with Crippen molar-refractivity contribution >= 4 is 23.4 Å². The Morgan fingerprint density at radius 1 is 1.36 bits per heavy atom. The van der Waals surface area contributed by atoms with E-state index in [9.17, 15) is 4.79 Å². The van der Waals surface area contributed by atoms with Gasteiger partial charge in [0.1, 0.15) is 5.71 Å². The molecule has 7 nitrogen and oxygen atoms in total. The first-order valence-electron chi connectivity index (χ1n) is 3.56. The number of carbonyl (C=O) groups is 1. The van der Waals surface area contributed by atoms with Crippen molar-refractivity contribution in [1.29, 1.82) is 10.8 Å². The summed E-state index contributed by atoms with van der Waals surface area (Å²) in [6.07, 6.45) is 2.51. The summed E-state index contributed by atoms with van der Waals surface area (Å²) < 4.78 is 0. The van der Waals surface area contributed by atoms with Crippen molar-refractivity contribution in [1.82, 2.24) is 5.01 Å². The minimum absolute atomic E-state index is 0.0374. The van der Waals surface area contributed by atoms with E-state index in [-0.39, 0.29) is 11.5 Å². The summed E-state index contributed by atoms with van der Waals surface area (Å²) in [5.41, 5.74) is 12.7. The van der Waals surface area contributed by atoms with Crippen molar-refractivity contribution in [3.8, 4) is 0 Å². The first kappa shape index (κ1) is 9.69. The summed E-state index contributed by atoms with van der Waals surface area (Å²) in [5, 5.41) is 18.3. The molecule has 72 valence electrons. The van der Waals surface area contributed by atoms with E-state index in [0.29, 0.717) is 5.01 Å². The van der Waals surface area contributed by atoms with Gasteiger partial charge in [0.2, 0.25) is 17.7 Å². The van der Waals surface area contributed by atoms with Crippen LogP contribution in [-0.4, -0.2) is 28.4 Å². The van der Waals surface area contributed by atoms with E-state index in [1.807, 2.05) is 0 Å². The second-order valence-electron chi connectivity index (χ2n) is 2.39. The van der Waals surface area contributed by atoms with E-state index in [1.165, 1.54) is 12.2 Å². The quantitative estimate of drug-likeness (QED) is 0.178. The van der Waals surface area contributed by atoms with Crippen LogP contribution in [0.5, 0.6) is 0 Å². The average molecular weight is 192 g/mol. The molecule has 0 aromatic rings. The lowest BCUT2D eigenvalue weighted by molar-refractivity contribution is -0.108. The first-order chi connectivity index (χ1) is 6.52. The van der Waals surface area contributed by atoms with Gasteiger partial charge in [-0.2, -0.15) is 10.1 Å². The molecular formula is C7H8N6O. The normalized spacial score (nSPS) is 16.3. The third kappa shape index (κ3) is 1.85. The predicted octanol–water partition coefficient (Wildman–Crippen LogP) is -1.27. The van der Waals surface area contributed by atoms with Crippen molar-refractivity contribution in [2.75, 3.05) is 0 Å². The molecule has 0 atom stereocenters. The Bertz CT molecular complexity index is 386. The molecule has 0 fully saturated rings. The monoisotopic (exact) mass is 192 g/mol. The van der Waals surface area contributed by atoms with Crippen LogP contribution >= 0.6 is 0 Å². The lowest BCUT2D eigenvalue weighted by Crippen LogP contribution is -2.42. The van der Waals surface area contributed by atoms with E-state index in [2.05, 4.69) is 10.8 Å². The SMILES string of the molecule is N=C(N)N(N=C1C=C=CC1=O)C(=N)N. The maximum atomic E-state index is 11.0. The fourth-order valence-corrected chi connectivity index (χ4v) is 0.765. The van der Waals surface area contributed by atoms with Gasteiger partial charge in [-0.3, -0.25) is 15.6 Å². The van der Waals surface area contributed by atoms with Crippen molar-refractivity contribution < 1.29 is 4.79 Å². The van der Waals surface area contributed by atoms with Gasteiger partial charge in [-0.1, -0.05) is 0 Å². The summed E-state index contributed by atoms with van der Waals surface area (Å²) in [6, 6.07) is 0. The molecule has 0 aliphatic heterocycles. The van der Waals surface area contributed by atoms with E-state index >= 15 is 0 Å². The topological polar surface area (TPSA) is 132 Å². The summed E-state index contributed by atoms with van der Waals surface area (Å²) in [7, 11) is 0. The molecule has 0 saturated carbocycles. The predicted molar refractivity (Wildman–Crippen MR) is 50.8 cm³/mol. The number of nitrogens with zero attached hydrogens (tertiary/aromatic N) is 2. The van der Waals surface area contributed by atoms with Gasteiger partial charge >= 0.3 is 0 Å². The summed E-state index contributed by atoms with van der Waals surface area (Å²) in [5.74, 6) is -1.42. The summed E-state index contributed by atoms with van der Waals surface area (Å²) in [4.78, 5) is 11.0. The van der Waals surface area contributed by atoms with Crippen molar-refractivity contribution in [3.05, 3.63) is 17.9 Å². The van der Waals surface area contributed by atoms with Crippen LogP contribution in [0.1, 0.15) is 0 Å². The zero-order valence-corrected chi connectivity index (χ0v) is 7.11. The van der Waals surface area contributed by atoms with Crippen LogP contribution in [0.2, 0.25) is 0 Å². The van der Waals surface area contributed by atoms with E-state index in [0.717, 1.165) is 0 Å². The molecule has 0 heterocycles. The molecule has 0 aromatic carbocycles. The third-order valence-electron chi connectivity index (χ3n) is 1.35. The van der Waals surface area contributed by atoms with Gasteiger partial charge in [0, 0.05) is 12.2 Å². The summed E-state index contributed by atoms with van der Waals surface area (Å²) >= 11 is 0. The van der Waals surface area contributed by atoms with Crippen LogP contribution in [-0.2, 0) is 4.79 Å². The zero-order valence-electron chi connectivity index (χ0n) is 7.11. The molecule has 6 N–H and O–H groups in total. The lowest BCUT2D eigenvalue weighted by Gasteiger charge is -2.13. The fourth-order valence-electron chi connectivity index (χ4n) is 0.765. The molecule has 0 aromatic heterocycles. The molecule has 0 saturated heterocycles. The molecule has 1 aliphatic carbocycles. The van der Waals surface area contributed by atoms with Crippen LogP contribution in [0, 0.1) is 10.8 Å². The maximum absolute atomic E-state index is 11.0. The van der Waals surface area contributed by atoms with Crippen LogP contribution in [0.3, 0.4) is 0 Å². The number of nitrogens with two attached hydrogens (primary N) is 2. The van der Waals surface area contributed by atoms with Gasteiger partial charge in [0.05, 0.1) is 0 Å². The highest BCUT2D eigenvalue weighted by molar-refractivity contribution is 6.49. The molecule has 7 heteroatoms. The standard InChI is InChI=1S/C7H8N6O/c8-6(9)13(7(10)11)12-4-2-1-3-5(4)14/h2-3H,(H3,8,9)(H3,10,11). The van der Waals surface area contributed by atoms with Crippen LogP contribution in [0.4, 0.5) is 0 Å². The van der Waals surface area contributed by atoms with Crippen LogP contribution < -0.4 is 11.5 Å². The number of ketones is 1. The Morgan fingerprint density at radius 2 is 1.93 bits per heavy atom. The molecule has 0 spiro atoms. The number of nitrogens with one attached hydrogen (secondary N) is 2. The number of allylic oxidation sites excluding steroid dienone is 1. The van der Waals surface area contributed by atoms with Gasteiger partial charge in [-0.15, -0.1) is 5.73 Å². The van der Waals surface area contributed by atoms with Gasteiger partial charge in [-0.05, 0) is 0 Å². The van der Waals surface area contributed by atoms with Crippen molar-refractivity contribution in [2.24, 2.45) is 16.6 Å². The molecule has 0 radical (unpaired) electrons. The number of guanidine groups is 2. The van der Waals surface area contributed by atoms with Gasteiger partial charge < -0.3 is 11.5 Å². The highest BCUT2D eigenvalue weighted by Crippen LogP contribution is 1.97. The number of hydrogen-bond donors (Lipinski definition) is 4. The number of hydrogen-bond acceptors (Lipinski definition) is 4. The van der Waals surface area contributed by atoms with E-state index in [4.69, 9.17) is 22.3 Å². The fraction of sp³-hybridized carbons (Fsp3) is 0. The Labute approximate surface area is 79.4 Å². The van der Waals surface area contributed by atoms with Gasteiger partial charge in [0.15, 0.2) is 0 Å². The zero-order chi connectivity index (χ0) is 10.7. The summed E-state index contributed by atoms with van der Waals surface area (Å²) in [6.45, 7) is 0. The highest BCUT2D eigenvalue weighted by atomic mass is 16.1. The Morgan fingerprint density at radius 3 is 2.29 bits per heavy atom. The second-order valence-corrected chi connectivity index (χ2v) is 2.39. The molecular weight excluding hydrogens is 184 g/mol. The lowest BCUT2D eigenvalue weighted by atomic mass is 10.3. The van der Waals surface area contributed by atoms with Crippen molar-refractivity contribution in [2.45, 2.75) is 0 Å². The molecule has 0 unspecified atom stereocenters. The maximum Gasteiger partial charge on any atom is 0.216 e. The van der Waals surface area contributed by atoms with Crippen LogP contribution in [0.15, 0.2) is 23.0 Å². The Kier molecular flexibility index (Phi) is 2.45.